The molecule has 0 unspecified atom stereocenters. The van der Waals surface area contributed by atoms with Crippen LogP contribution in [0.4, 0.5) is 0 Å². The Labute approximate surface area is 218 Å². The second-order valence-corrected chi connectivity index (χ2v) is 10.7. The van der Waals surface area contributed by atoms with Crippen molar-refractivity contribution in [2.75, 3.05) is 39.8 Å². The van der Waals surface area contributed by atoms with E-state index in [4.69, 9.17) is 21.3 Å². The maximum absolute atomic E-state index is 6.31. The molecule has 1 aliphatic heterocycles. The predicted molar refractivity (Wildman–Crippen MR) is 146 cm³/mol. The molecule has 5 rings (SSSR count). The van der Waals surface area contributed by atoms with Crippen molar-refractivity contribution in [1.82, 2.24) is 29.5 Å². The van der Waals surface area contributed by atoms with E-state index in [0.717, 1.165) is 72.2 Å². The van der Waals surface area contributed by atoms with Crippen LogP contribution >= 0.6 is 11.6 Å². The number of nitrogens with zero attached hydrogens (tertiary/aromatic N) is 5. The Balaban J connectivity index is 1.35. The van der Waals surface area contributed by atoms with Crippen LogP contribution in [0.5, 0.6) is 5.75 Å². The summed E-state index contributed by atoms with van der Waals surface area (Å²) in [6.45, 7) is 13.0. The van der Waals surface area contributed by atoms with E-state index < -0.39 is 0 Å². The Hall–Kier alpha value is -2.87. The van der Waals surface area contributed by atoms with Gasteiger partial charge in [0.2, 0.25) is 0 Å². The van der Waals surface area contributed by atoms with E-state index >= 15 is 0 Å². The van der Waals surface area contributed by atoms with Crippen LogP contribution in [-0.4, -0.2) is 69.4 Å². The molecule has 1 aliphatic rings. The van der Waals surface area contributed by atoms with Gasteiger partial charge in [-0.3, -0.25) is 9.58 Å². The Morgan fingerprint density at radius 2 is 1.86 bits per heavy atom. The Kier molecular flexibility index (Phi) is 7.32. The molecule has 3 heterocycles. The Morgan fingerprint density at radius 3 is 2.64 bits per heavy atom. The van der Waals surface area contributed by atoms with Crippen molar-refractivity contribution in [2.24, 2.45) is 5.92 Å². The number of hydrogen-bond acceptors (Lipinski definition) is 5. The van der Waals surface area contributed by atoms with E-state index in [0.29, 0.717) is 24.1 Å². The van der Waals surface area contributed by atoms with E-state index in [1.807, 2.05) is 29.1 Å². The number of aromatic amines is 1. The molecule has 0 saturated carbocycles. The summed E-state index contributed by atoms with van der Waals surface area (Å²) in [5.41, 5.74) is 6.39. The summed E-state index contributed by atoms with van der Waals surface area (Å²) in [6, 6.07) is 12.3. The minimum atomic E-state index is 0.446. The molecule has 1 saturated heterocycles. The van der Waals surface area contributed by atoms with Gasteiger partial charge in [0.1, 0.15) is 11.6 Å². The maximum atomic E-state index is 6.31. The summed E-state index contributed by atoms with van der Waals surface area (Å²) in [6.07, 6.45) is 1.89. The second kappa shape index (κ2) is 10.6. The fraction of sp³-hybridized carbons (Fsp3) is 0.429. The van der Waals surface area contributed by atoms with Crippen molar-refractivity contribution in [2.45, 2.75) is 33.9 Å². The quantitative estimate of drug-likeness (QED) is 0.355. The standard InChI is InChI=1S/C28H35ClN6O/c1-19(2)18-36-27-8-6-23(29)14-22(27)17-35-20(3)24(15-30-35)28-31-25-7-5-21(13-26(25)32-28)16-34-11-9-33(4)10-12-34/h5-8,13-15,19H,9-12,16-18H2,1-4H3,(H,31,32). The van der Waals surface area contributed by atoms with Gasteiger partial charge in [0.25, 0.3) is 0 Å². The van der Waals surface area contributed by atoms with E-state index in [2.05, 4.69) is 65.9 Å². The first kappa shape index (κ1) is 24.8. The van der Waals surface area contributed by atoms with Crippen LogP contribution < -0.4 is 4.74 Å². The number of hydrogen-bond donors (Lipinski definition) is 1. The van der Waals surface area contributed by atoms with Gasteiger partial charge in [-0.2, -0.15) is 5.10 Å². The molecule has 0 radical (unpaired) electrons. The van der Waals surface area contributed by atoms with Crippen LogP contribution in [0.25, 0.3) is 22.4 Å². The fourth-order valence-corrected chi connectivity index (χ4v) is 4.81. The van der Waals surface area contributed by atoms with Gasteiger partial charge in [0, 0.05) is 49.0 Å². The first-order valence-electron chi connectivity index (χ1n) is 12.7. The number of rotatable bonds is 8. The molecule has 8 heteroatoms. The summed E-state index contributed by atoms with van der Waals surface area (Å²) in [4.78, 5) is 13.3. The third-order valence-electron chi connectivity index (χ3n) is 6.82. The molecule has 4 aromatic rings. The summed E-state index contributed by atoms with van der Waals surface area (Å²) < 4.78 is 8.03. The molecule has 1 fully saturated rings. The molecule has 0 amide bonds. The van der Waals surface area contributed by atoms with Crippen LogP contribution in [0.1, 0.15) is 30.7 Å². The maximum Gasteiger partial charge on any atom is 0.141 e. The third kappa shape index (κ3) is 5.59. The van der Waals surface area contributed by atoms with Gasteiger partial charge in [0.15, 0.2) is 0 Å². The third-order valence-corrected chi connectivity index (χ3v) is 7.06. The summed E-state index contributed by atoms with van der Waals surface area (Å²) >= 11 is 6.31. The lowest BCUT2D eigenvalue weighted by atomic mass is 10.1. The fourth-order valence-electron chi connectivity index (χ4n) is 4.62. The summed E-state index contributed by atoms with van der Waals surface area (Å²) in [5.74, 6) is 2.13. The van der Waals surface area contributed by atoms with E-state index in [9.17, 15) is 0 Å². The van der Waals surface area contributed by atoms with Gasteiger partial charge in [0.05, 0.1) is 35.9 Å². The highest BCUT2D eigenvalue weighted by atomic mass is 35.5. The van der Waals surface area contributed by atoms with Crippen molar-refractivity contribution < 1.29 is 4.74 Å². The molecule has 0 atom stereocenters. The summed E-state index contributed by atoms with van der Waals surface area (Å²) in [5, 5.41) is 5.36. The normalized spacial score (nSPS) is 15.3. The van der Waals surface area contributed by atoms with E-state index in [1.54, 1.807) is 0 Å². The number of imidazole rings is 1. The van der Waals surface area contributed by atoms with Crippen molar-refractivity contribution in [1.29, 1.82) is 0 Å². The van der Waals surface area contributed by atoms with Crippen LogP contribution in [0.3, 0.4) is 0 Å². The monoisotopic (exact) mass is 506 g/mol. The molecule has 1 N–H and O–H groups in total. The highest BCUT2D eigenvalue weighted by molar-refractivity contribution is 6.30. The van der Waals surface area contributed by atoms with Gasteiger partial charge in [-0.05, 0) is 55.8 Å². The average Bonchev–Trinajstić information content (AvgIpc) is 3.43. The highest BCUT2D eigenvalue weighted by Crippen LogP contribution is 2.28. The molecule has 0 spiro atoms. The smallest absolute Gasteiger partial charge is 0.141 e. The zero-order valence-corrected chi connectivity index (χ0v) is 22.3. The molecule has 2 aromatic heterocycles. The summed E-state index contributed by atoms with van der Waals surface area (Å²) in [7, 11) is 2.19. The number of halogens is 1. The number of piperazine rings is 1. The first-order chi connectivity index (χ1) is 17.4. The number of aromatic nitrogens is 4. The SMILES string of the molecule is Cc1c(-c2nc3ccc(CN4CCN(C)CC4)cc3[nH]2)cnn1Cc1cc(Cl)ccc1OCC(C)C. The highest BCUT2D eigenvalue weighted by Gasteiger charge is 2.17. The van der Waals surface area contributed by atoms with E-state index in [1.165, 1.54) is 5.56 Å². The van der Waals surface area contributed by atoms with Crippen molar-refractivity contribution in [3.05, 3.63) is 64.4 Å². The molecule has 7 nitrogen and oxygen atoms in total. The van der Waals surface area contributed by atoms with Crippen molar-refractivity contribution in [3.8, 4) is 17.1 Å². The topological polar surface area (TPSA) is 62.2 Å². The minimum Gasteiger partial charge on any atom is -0.493 e. The second-order valence-electron chi connectivity index (χ2n) is 10.3. The van der Waals surface area contributed by atoms with Crippen LogP contribution in [-0.2, 0) is 13.1 Å². The molecular weight excluding hydrogens is 472 g/mol. The van der Waals surface area contributed by atoms with Crippen LogP contribution in [0.15, 0.2) is 42.6 Å². The molecular formula is C28H35ClN6O. The lowest BCUT2D eigenvalue weighted by Gasteiger charge is -2.32. The Morgan fingerprint density at radius 1 is 1.06 bits per heavy atom. The number of nitrogens with one attached hydrogen (secondary N) is 1. The molecule has 190 valence electrons. The first-order valence-corrected chi connectivity index (χ1v) is 13.1. The molecule has 0 bridgehead atoms. The van der Waals surface area contributed by atoms with Gasteiger partial charge in [-0.25, -0.2) is 4.98 Å². The molecule has 36 heavy (non-hydrogen) atoms. The zero-order valence-electron chi connectivity index (χ0n) is 21.6. The lowest BCUT2D eigenvalue weighted by Crippen LogP contribution is -2.43. The van der Waals surface area contributed by atoms with Gasteiger partial charge in [-0.15, -0.1) is 0 Å². The minimum absolute atomic E-state index is 0.446. The number of benzene rings is 2. The van der Waals surface area contributed by atoms with Crippen molar-refractivity contribution >= 4 is 22.6 Å². The molecule has 0 aliphatic carbocycles. The van der Waals surface area contributed by atoms with Gasteiger partial charge >= 0.3 is 0 Å². The average molecular weight is 507 g/mol. The van der Waals surface area contributed by atoms with Crippen LogP contribution in [0.2, 0.25) is 5.02 Å². The number of likely N-dealkylation sites (N-methyl/N-ethyl adjacent to an activating group) is 1. The van der Waals surface area contributed by atoms with E-state index in [-0.39, 0.29) is 0 Å². The largest absolute Gasteiger partial charge is 0.493 e. The van der Waals surface area contributed by atoms with Crippen LogP contribution in [0, 0.1) is 12.8 Å². The number of H-pyrrole nitrogens is 1. The van der Waals surface area contributed by atoms with Gasteiger partial charge < -0.3 is 14.6 Å². The zero-order chi connectivity index (χ0) is 25.2. The van der Waals surface area contributed by atoms with Crippen molar-refractivity contribution in [3.63, 3.8) is 0 Å². The Bertz CT molecular complexity index is 1340. The van der Waals surface area contributed by atoms with Gasteiger partial charge in [-0.1, -0.05) is 31.5 Å². The molecule has 2 aromatic carbocycles. The number of fused-ring (bicyclic) bond motifs is 1. The number of ether oxygens (including phenoxy) is 1. The predicted octanol–water partition coefficient (Wildman–Crippen LogP) is 5.22. The lowest BCUT2D eigenvalue weighted by molar-refractivity contribution is 0.148.